The van der Waals surface area contributed by atoms with Crippen molar-refractivity contribution >= 4 is 5.84 Å². The smallest absolute Gasteiger partial charge is 0.240 e. The molecule has 0 saturated carbocycles. The van der Waals surface area contributed by atoms with Gasteiger partial charge in [-0.2, -0.15) is 0 Å². The zero-order chi connectivity index (χ0) is 9.14. The average molecular weight is 168 g/mol. The molecule has 1 rings (SSSR count). The minimum Gasteiger partial charge on any atom is -0.492 e. The van der Waals surface area contributed by atoms with Crippen molar-refractivity contribution in [2.24, 2.45) is 10.7 Å². The zero-order valence-electron chi connectivity index (χ0n) is 7.15. The summed E-state index contributed by atoms with van der Waals surface area (Å²) in [5, 5.41) is 9.27. The molecule has 66 valence electrons. The van der Waals surface area contributed by atoms with Crippen LogP contribution in [0, 0.1) is 0 Å². The molecule has 1 aromatic rings. The van der Waals surface area contributed by atoms with Crippen LogP contribution in [0.3, 0.4) is 0 Å². The van der Waals surface area contributed by atoms with Crippen LogP contribution in [0.1, 0.15) is 12.6 Å². The van der Waals surface area contributed by atoms with Crippen molar-refractivity contribution in [3.05, 3.63) is 12.0 Å². The molecule has 1 heterocycles. The van der Waals surface area contributed by atoms with Gasteiger partial charge in [0.15, 0.2) is 0 Å². The van der Waals surface area contributed by atoms with Gasteiger partial charge in [-0.05, 0) is 6.92 Å². The Morgan fingerprint density at radius 1 is 1.83 bits per heavy atom. The van der Waals surface area contributed by atoms with Crippen molar-refractivity contribution in [3.63, 3.8) is 0 Å². The van der Waals surface area contributed by atoms with Gasteiger partial charge in [-0.15, -0.1) is 0 Å². The van der Waals surface area contributed by atoms with Gasteiger partial charge in [-0.1, -0.05) is 0 Å². The van der Waals surface area contributed by atoms with Crippen LogP contribution in [0.25, 0.3) is 0 Å². The number of imidazole rings is 1. The minimum atomic E-state index is -0.0695. The molecule has 0 spiro atoms. The summed E-state index contributed by atoms with van der Waals surface area (Å²) in [6, 6.07) is 0. The summed E-state index contributed by atoms with van der Waals surface area (Å²) in [5.74, 6) is 0.229. The first-order valence-electron chi connectivity index (χ1n) is 3.67. The highest BCUT2D eigenvalue weighted by atomic mass is 16.3. The number of amidine groups is 1. The van der Waals surface area contributed by atoms with Gasteiger partial charge >= 0.3 is 0 Å². The Kier molecular flexibility index (Phi) is 2.32. The van der Waals surface area contributed by atoms with Crippen LogP contribution in [0.2, 0.25) is 0 Å². The van der Waals surface area contributed by atoms with Gasteiger partial charge in [-0.3, -0.25) is 4.99 Å². The van der Waals surface area contributed by atoms with Crippen LogP contribution in [0.4, 0.5) is 0 Å². The van der Waals surface area contributed by atoms with Crippen molar-refractivity contribution < 1.29 is 5.11 Å². The molecule has 5 heteroatoms. The normalized spacial score (nSPS) is 12.0. The fraction of sp³-hybridized carbons (Fsp3) is 0.429. The highest BCUT2D eigenvalue weighted by Gasteiger charge is 2.11. The first-order chi connectivity index (χ1) is 5.70. The molecule has 0 aliphatic rings. The number of hydrogen-bond donors (Lipinski definition) is 2. The Balaban J connectivity index is 3.19. The van der Waals surface area contributed by atoms with E-state index < -0.39 is 0 Å². The van der Waals surface area contributed by atoms with Crippen LogP contribution in [0.15, 0.2) is 11.3 Å². The van der Waals surface area contributed by atoms with Crippen LogP contribution in [-0.2, 0) is 6.54 Å². The topological polar surface area (TPSA) is 76.4 Å². The molecule has 5 nitrogen and oxygen atoms in total. The van der Waals surface area contributed by atoms with Gasteiger partial charge in [0.1, 0.15) is 11.5 Å². The summed E-state index contributed by atoms with van der Waals surface area (Å²) >= 11 is 0. The number of aliphatic imine (C=N–C) groups is 1. The maximum absolute atomic E-state index is 9.27. The Labute approximate surface area is 70.6 Å². The second kappa shape index (κ2) is 3.25. The fourth-order valence-corrected chi connectivity index (χ4v) is 0.979. The third-order valence-corrected chi connectivity index (χ3v) is 1.64. The molecule has 0 bridgehead atoms. The Morgan fingerprint density at radius 2 is 2.50 bits per heavy atom. The predicted molar refractivity (Wildman–Crippen MR) is 46.2 cm³/mol. The van der Waals surface area contributed by atoms with Crippen molar-refractivity contribution in [3.8, 4) is 5.88 Å². The number of aryl methyl sites for hydroxylation is 1. The molecule has 0 saturated heterocycles. The highest BCUT2D eigenvalue weighted by molar-refractivity contribution is 5.97. The lowest BCUT2D eigenvalue weighted by atomic mass is 10.4. The predicted octanol–water partition coefficient (Wildman–Crippen LogP) is -0.0563. The summed E-state index contributed by atoms with van der Waals surface area (Å²) in [6.07, 6.45) is 1.53. The molecular weight excluding hydrogens is 156 g/mol. The summed E-state index contributed by atoms with van der Waals surface area (Å²) in [7, 11) is 1.57. The second-order valence-electron chi connectivity index (χ2n) is 2.31. The van der Waals surface area contributed by atoms with Crippen LogP contribution in [-0.4, -0.2) is 27.5 Å². The van der Waals surface area contributed by atoms with E-state index in [1.54, 1.807) is 11.6 Å². The molecule has 0 atom stereocenters. The molecular formula is C7H12N4O. The van der Waals surface area contributed by atoms with E-state index >= 15 is 0 Å². The number of nitrogens with zero attached hydrogens (tertiary/aromatic N) is 3. The average Bonchev–Trinajstić information content (AvgIpc) is 2.45. The zero-order valence-corrected chi connectivity index (χ0v) is 7.15. The van der Waals surface area contributed by atoms with Gasteiger partial charge in [-0.25, -0.2) is 4.98 Å². The lowest BCUT2D eigenvalue weighted by Crippen LogP contribution is -2.17. The number of hydrogen-bond acceptors (Lipinski definition) is 3. The van der Waals surface area contributed by atoms with Gasteiger partial charge in [0.25, 0.3) is 0 Å². The van der Waals surface area contributed by atoms with Crippen LogP contribution < -0.4 is 5.73 Å². The van der Waals surface area contributed by atoms with Crippen molar-refractivity contribution in [1.82, 2.24) is 9.55 Å². The van der Waals surface area contributed by atoms with E-state index in [0.717, 1.165) is 0 Å². The standard InChI is InChI=1S/C7H12N4O/c1-3-11-4-10-7(12)5(11)6(8)9-2/h4,12H,3H2,1-2H3,(H2,8,9). The van der Waals surface area contributed by atoms with Crippen molar-refractivity contribution in [2.75, 3.05) is 7.05 Å². The molecule has 0 fully saturated rings. The van der Waals surface area contributed by atoms with E-state index in [1.165, 1.54) is 6.33 Å². The first-order valence-corrected chi connectivity index (χ1v) is 3.67. The maximum atomic E-state index is 9.27. The Morgan fingerprint density at radius 3 is 3.00 bits per heavy atom. The number of aromatic nitrogens is 2. The Bertz CT molecular complexity index is 302. The number of aromatic hydroxyl groups is 1. The van der Waals surface area contributed by atoms with E-state index in [1.807, 2.05) is 6.92 Å². The highest BCUT2D eigenvalue weighted by Crippen LogP contribution is 2.13. The summed E-state index contributed by atoms with van der Waals surface area (Å²) in [6.45, 7) is 2.65. The molecule has 0 amide bonds. The summed E-state index contributed by atoms with van der Waals surface area (Å²) in [4.78, 5) is 7.49. The largest absolute Gasteiger partial charge is 0.492 e. The minimum absolute atomic E-state index is 0.0695. The molecule has 1 aromatic heterocycles. The van der Waals surface area contributed by atoms with Gasteiger partial charge in [0, 0.05) is 13.6 Å². The van der Waals surface area contributed by atoms with Gasteiger partial charge in [0.05, 0.1) is 6.33 Å². The first kappa shape index (κ1) is 8.58. The number of nitrogens with two attached hydrogens (primary N) is 1. The quantitative estimate of drug-likeness (QED) is 0.480. The van der Waals surface area contributed by atoms with E-state index in [-0.39, 0.29) is 5.88 Å². The molecule has 3 N–H and O–H groups in total. The molecule has 0 aromatic carbocycles. The number of rotatable bonds is 2. The molecule has 0 radical (unpaired) electrons. The third kappa shape index (κ3) is 1.25. The van der Waals surface area contributed by atoms with E-state index in [9.17, 15) is 5.11 Å². The second-order valence-corrected chi connectivity index (χ2v) is 2.31. The third-order valence-electron chi connectivity index (χ3n) is 1.64. The monoisotopic (exact) mass is 168 g/mol. The van der Waals surface area contributed by atoms with Crippen LogP contribution in [0.5, 0.6) is 5.88 Å². The van der Waals surface area contributed by atoms with E-state index in [2.05, 4.69) is 9.98 Å². The van der Waals surface area contributed by atoms with Crippen LogP contribution >= 0.6 is 0 Å². The Hall–Kier alpha value is -1.52. The van der Waals surface area contributed by atoms with E-state index in [4.69, 9.17) is 5.73 Å². The van der Waals surface area contributed by atoms with Crippen molar-refractivity contribution in [1.29, 1.82) is 0 Å². The molecule has 0 aliphatic carbocycles. The fourth-order valence-electron chi connectivity index (χ4n) is 0.979. The van der Waals surface area contributed by atoms with Gasteiger partial charge < -0.3 is 15.4 Å². The molecule has 0 aliphatic heterocycles. The lowest BCUT2D eigenvalue weighted by Gasteiger charge is -2.02. The van der Waals surface area contributed by atoms with Crippen molar-refractivity contribution in [2.45, 2.75) is 13.5 Å². The molecule has 0 unspecified atom stereocenters. The summed E-state index contributed by atoms with van der Waals surface area (Å²) < 4.78 is 1.73. The summed E-state index contributed by atoms with van der Waals surface area (Å²) in [5.41, 5.74) is 6.03. The maximum Gasteiger partial charge on any atom is 0.240 e. The lowest BCUT2D eigenvalue weighted by molar-refractivity contribution is 0.454. The van der Waals surface area contributed by atoms with E-state index in [0.29, 0.717) is 18.1 Å². The SMILES string of the molecule is CCn1cnc(O)c1C(N)=NC. The molecule has 12 heavy (non-hydrogen) atoms. The van der Waals surface area contributed by atoms with Gasteiger partial charge in [0.2, 0.25) is 5.88 Å².